The number of benzene rings is 2. The van der Waals surface area contributed by atoms with E-state index in [1.807, 2.05) is 0 Å². The van der Waals surface area contributed by atoms with Gasteiger partial charge in [0.15, 0.2) is 11.7 Å². The van der Waals surface area contributed by atoms with E-state index in [2.05, 4.69) is 0 Å². The second-order valence-corrected chi connectivity index (χ2v) is 3.36. The molecule has 0 bridgehead atoms. The smallest absolute Gasteiger partial charge is 0.166 e. The van der Waals surface area contributed by atoms with Gasteiger partial charge in [0.05, 0.1) is 0 Å². The van der Waals surface area contributed by atoms with Crippen molar-refractivity contribution in [2.75, 3.05) is 0 Å². The first-order valence-electron chi connectivity index (χ1n) is 4.95. The Bertz CT molecular complexity index is 439. The lowest BCUT2D eigenvalue weighted by molar-refractivity contribution is 0.700. The number of hydrogen-bond donors (Lipinski definition) is 0. The van der Waals surface area contributed by atoms with Gasteiger partial charge >= 0.3 is 0 Å². The Morgan fingerprint density at radius 3 is 1.19 bits per heavy atom. The predicted molar refractivity (Wildman–Crippen MR) is 61.9 cm³/mol. The van der Waals surface area contributed by atoms with Crippen molar-refractivity contribution in [3.05, 3.63) is 71.8 Å². The summed E-state index contributed by atoms with van der Waals surface area (Å²) < 4.78 is 27.4. The van der Waals surface area contributed by atoms with Crippen molar-refractivity contribution < 1.29 is 8.78 Å². The van der Waals surface area contributed by atoms with Gasteiger partial charge in [-0.3, -0.25) is 0 Å². The molecule has 0 unspecified atom stereocenters. The molecule has 0 aromatic heterocycles. The average molecular weight is 216 g/mol. The van der Waals surface area contributed by atoms with Gasteiger partial charge in [-0.1, -0.05) is 60.7 Å². The highest BCUT2D eigenvalue weighted by Crippen LogP contribution is 2.28. The fourth-order valence-corrected chi connectivity index (χ4v) is 1.42. The summed E-state index contributed by atoms with van der Waals surface area (Å²) in [6.07, 6.45) is 0. The Balaban J connectivity index is 2.43. The first kappa shape index (κ1) is 10.6. The summed E-state index contributed by atoms with van der Waals surface area (Å²) in [6, 6.07) is 16.4. The fraction of sp³-hybridized carbons (Fsp3) is 0. The maximum absolute atomic E-state index is 13.7. The molecule has 80 valence electrons. The van der Waals surface area contributed by atoms with Crippen molar-refractivity contribution >= 4 is 11.7 Å². The maximum atomic E-state index is 13.7. The molecule has 0 fully saturated rings. The highest BCUT2D eigenvalue weighted by molar-refractivity contribution is 5.82. The number of halogens is 2. The summed E-state index contributed by atoms with van der Waals surface area (Å²) in [4.78, 5) is 0. The van der Waals surface area contributed by atoms with E-state index in [0.29, 0.717) is 0 Å². The second kappa shape index (κ2) is 4.71. The zero-order valence-electron chi connectivity index (χ0n) is 8.53. The quantitative estimate of drug-likeness (QED) is 0.650. The molecule has 0 aliphatic carbocycles. The van der Waals surface area contributed by atoms with Gasteiger partial charge < -0.3 is 0 Å². The van der Waals surface area contributed by atoms with Crippen LogP contribution in [0.15, 0.2) is 60.7 Å². The van der Waals surface area contributed by atoms with E-state index in [4.69, 9.17) is 0 Å². The van der Waals surface area contributed by atoms with Gasteiger partial charge in [-0.2, -0.15) is 0 Å². The molecule has 2 heteroatoms. The molecule has 0 saturated heterocycles. The van der Waals surface area contributed by atoms with Gasteiger partial charge in [0, 0.05) is 11.1 Å². The molecular formula is C14H10F2. The van der Waals surface area contributed by atoms with Crippen molar-refractivity contribution in [3.63, 3.8) is 0 Å². The van der Waals surface area contributed by atoms with Crippen molar-refractivity contribution in [2.45, 2.75) is 0 Å². The van der Waals surface area contributed by atoms with Crippen LogP contribution in [0.1, 0.15) is 11.1 Å². The minimum atomic E-state index is -0.827. The van der Waals surface area contributed by atoms with Gasteiger partial charge in [-0.15, -0.1) is 0 Å². The molecule has 2 aromatic rings. The van der Waals surface area contributed by atoms with Gasteiger partial charge in [0.1, 0.15) is 0 Å². The molecule has 0 spiro atoms. The molecule has 0 atom stereocenters. The maximum Gasteiger partial charge on any atom is 0.166 e. The van der Waals surface area contributed by atoms with E-state index in [0.717, 1.165) is 0 Å². The average Bonchev–Trinajstić information content (AvgIpc) is 2.39. The van der Waals surface area contributed by atoms with Crippen LogP contribution in [0.25, 0.3) is 11.7 Å². The minimum absolute atomic E-state index is 0.254. The summed E-state index contributed by atoms with van der Waals surface area (Å²) in [5.74, 6) is -1.65. The molecule has 0 nitrogen and oxygen atoms in total. The van der Waals surface area contributed by atoms with E-state index in [1.54, 1.807) is 36.4 Å². The highest BCUT2D eigenvalue weighted by atomic mass is 19.2. The summed E-state index contributed by atoms with van der Waals surface area (Å²) in [6.45, 7) is 0. The van der Waals surface area contributed by atoms with Gasteiger partial charge in [-0.05, 0) is 0 Å². The molecule has 0 N–H and O–H groups in total. The third-order valence-electron chi connectivity index (χ3n) is 2.25. The topological polar surface area (TPSA) is 0 Å². The Hall–Kier alpha value is -1.96. The first-order valence-corrected chi connectivity index (χ1v) is 4.95. The van der Waals surface area contributed by atoms with Crippen molar-refractivity contribution in [2.24, 2.45) is 0 Å². The standard InChI is InChI=1S/C14H10F2/c15-13(11-7-3-1-4-8-11)14(16)12-9-5-2-6-10-12/h1-10H/b14-13-. The molecule has 2 aromatic carbocycles. The molecule has 0 radical (unpaired) electrons. The van der Waals surface area contributed by atoms with Gasteiger partial charge in [0.25, 0.3) is 0 Å². The number of rotatable bonds is 2. The molecule has 0 aliphatic heterocycles. The third-order valence-corrected chi connectivity index (χ3v) is 2.25. The molecule has 0 aliphatic rings. The summed E-state index contributed by atoms with van der Waals surface area (Å²) in [5, 5.41) is 0. The Morgan fingerprint density at radius 2 is 0.875 bits per heavy atom. The van der Waals surface area contributed by atoms with Crippen LogP contribution >= 0.6 is 0 Å². The molecular weight excluding hydrogens is 206 g/mol. The lowest BCUT2D eigenvalue weighted by Crippen LogP contribution is -1.83. The SMILES string of the molecule is F/C(=C(\F)c1ccccc1)c1ccccc1. The van der Waals surface area contributed by atoms with Crippen LogP contribution < -0.4 is 0 Å². The molecule has 0 heterocycles. The van der Waals surface area contributed by atoms with Gasteiger partial charge in [0.2, 0.25) is 0 Å². The Kier molecular flexibility index (Phi) is 3.10. The van der Waals surface area contributed by atoms with Crippen LogP contribution in [0.3, 0.4) is 0 Å². The van der Waals surface area contributed by atoms with Crippen LogP contribution in [0.5, 0.6) is 0 Å². The zero-order chi connectivity index (χ0) is 11.4. The summed E-state index contributed by atoms with van der Waals surface area (Å²) >= 11 is 0. The highest BCUT2D eigenvalue weighted by Gasteiger charge is 2.09. The monoisotopic (exact) mass is 216 g/mol. The molecule has 16 heavy (non-hydrogen) atoms. The first-order chi connectivity index (χ1) is 7.79. The largest absolute Gasteiger partial charge is 0.203 e. The number of hydrogen-bond acceptors (Lipinski definition) is 0. The van der Waals surface area contributed by atoms with E-state index in [9.17, 15) is 8.78 Å². The minimum Gasteiger partial charge on any atom is -0.203 e. The summed E-state index contributed by atoms with van der Waals surface area (Å²) in [7, 11) is 0. The van der Waals surface area contributed by atoms with Crippen molar-refractivity contribution in [3.8, 4) is 0 Å². The Morgan fingerprint density at radius 1 is 0.562 bits per heavy atom. The van der Waals surface area contributed by atoms with Gasteiger partial charge in [-0.25, -0.2) is 8.78 Å². The van der Waals surface area contributed by atoms with Crippen LogP contribution in [0.2, 0.25) is 0 Å². The predicted octanol–water partition coefficient (Wildman–Crippen LogP) is 4.45. The van der Waals surface area contributed by atoms with E-state index < -0.39 is 11.7 Å². The molecule has 0 saturated carbocycles. The molecule has 2 rings (SSSR count). The third kappa shape index (κ3) is 2.16. The van der Waals surface area contributed by atoms with E-state index >= 15 is 0 Å². The zero-order valence-corrected chi connectivity index (χ0v) is 8.53. The van der Waals surface area contributed by atoms with E-state index in [1.165, 1.54) is 24.3 Å². The van der Waals surface area contributed by atoms with Crippen molar-refractivity contribution in [1.82, 2.24) is 0 Å². The molecule has 0 amide bonds. The lowest BCUT2D eigenvalue weighted by Gasteiger charge is -2.01. The normalized spacial score (nSPS) is 12.1. The second-order valence-electron chi connectivity index (χ2n) is 3.36. The van der Waals surface area contributed by atoms with E-state index in [-0.39, 0.29) is 11.1 Å². The summed E-state index contributed by atoms with van der Waals surface area (Å²) in [5.41, 5.74) is 0.507. The van der Waals surface area contributed by atoms with Crippen LogP contribution in [0, 0.1) is 0 Å². The van der Waals surface area contributed by atoms with Crippen LogP contribution in [0.4, 0.5) is 8.78 Å². The Labute approximate surface area is 92.9 Å². The van der Waals surface area contributed by atoms with Crippen LogP contribution in [-0.2, 0) is 0 Å². The van der Waals surface area contributed by atoms with Crippen LogP contribution in [-0.4, -0.2) is 0 Å². The van der Waals surface area contributed by atoms with Crippen molar-refractivity contribution in [1.29, 1.82) is 0 Å². The fourth-order valence-electron chi connectivity index (χ4n) is 1.42. The lowest BCUT2D eigenvalue weighted by atomic mass is 10.1.